The fourth-order valence-corrected chi connectivity index (χ4v) is 2.87. The third-order valence-corrected chi connectivity index (χ3v) is 4.33. The molecule has 20 heavy (non-hydrogen) atoms. The highest BCUT2D eigenvalue weighted by Gasteiger charge is 2.38. The molecule has 0 spiro atoms. The maximum Gasteiger partial charge on any atom is 0.335 e. The summed E-state index contributed by atoms with van der Waals surface area (Å²) in [6, 6.07) is 5.09. The lowest BCUT2D eigenvalue weighted by atomic mass is 9.80. The number of benzene rings is 1. The molecule has 1 aliphatic carbocycles. The normalized spacial score (nSPS) is 17.1. The lowest BCUT2D eigenvalue weighted by Crippen LogP contribution is -2.43. The van der Waals surface area contributed by atoms with Gasteiger partial charge in [-0.15, -0.1) is 0 Å². The summed E-state index contributed by atoms with van der Waals surface area (Å²) in [7, 11) is 1.76. The second kappa shape index (κ2) is 4.59. The molecule has 0 saturated heterocycles. The van der Waals surface area contributed by atoms with Crippen LogP contribution in [0.15, 0.2) is 18.2 Å². The summed E-state index contributed by atoms with van der Waals surface area (Å²) in [6.45, 7) is 2.72. The first-order valence-corrected chi connectivity index (χ1v) is 6.80. The summed E-state index contributed by atoms with van der Waals surface area (Å²) in [5, 5.41) is 9.04. The number of carboxylic acids is 1. The van der Waals surface area contributed by atoms with Crippen LogP contribution < -0.4 is 0 Å². The number of ether oxygens (including phenoxy) is 1. The fraction of sp³-hybridized carbons (Fsp3) is 0.467. The molecule has 106 valence electrons. The molecule has 0 amide bonds. The molecule has 0 bridgehead atoms. The second-order valence-corrected chi connectivity index (χ2v) is 5.49. The topological polar surface area (TPSA) is 64.4 Å². The number of imidazole rings is 1. The van der Waals surface area contributed by atoms with E-state index in [9.17, 15) is 4.79 Å². The zero-order chi connectivity index (χ0) is 14.3. The summed E-state index contributed by atoms with van der Waals surface area (Å²) < 4.78 is 7.80. The van der Waals surface area contributed by atoms with E-state index in [1.807, 2.05) is 13.0 Å². The smallest absolute Gasteiger partial charge is 0.335 e. The molecule has 1 N–H and O–H groups in total. The first kappa shape index (κ1) is 13.1. The van der Waals surface area contributed by atoms with Crippen molar-refractivity contribution in [3.63, 3.8) is 0 Å². The molecule has 3 rings (SSSR count). The van der Waals surface area contributed by atoms with Gasteiger partial charge in [-0.05, 0) is 44.4 Å². The molecule has 1 fully saturated rings. The van der Waals surface area contributed by atoms with Gasteiger partial charge in [-0.25, -0.2) is 9.78 Å². The van der Waals surface area contributed by atoms with Crippen molar-refractivity contribution < 1.29 is 14.6 Å². The van der Waals surface area contributed by atoms with Gasteiger partial charge in [-0.3, -0.25) is 0 Å². The molecule has 2 aromatic rings. The average Bonchev–Trinajstić information content (AvgIpc) is 2.68. The van der Waals surface area contributed by atoms with Gasteiger partial charge in [-0.2, -0.15) is 0 Å². The highest BCUT2D eigenvalue weighted by Crippen LogP contribution is 2.37. The van der Waals surface area contributed by atoms with Crippen molar-refractivity contribution in [2.45, 2.75) is 38.3 Å². The Hall–Kier alpha value is -1.88. The van der Waals surface area contributed by atoms with E-state index in [0.717, 1.165) is 36.2 Å². The molecule has 1 saturated carbocycles. The van der Waals surface area contributed by atoms with E-state index in [-0.39, 0.29) is 11.2 Å². The van der Waals surface area contributed by atoms with Crippen molar-refractivity contribution >= 4 is 17.0 Å². The minimum atomic E-state index is -0.925. The van der Waals surface area contributed by atoms with Gasteiger partial charge in [0.1, 0.15) is 5.82 Å². The molecule has 5 heteroatoms. The fourth-order valence-electron chi connectivity index (χ4n) is 2.87. The van der Waals surface area contributed by atoms with Crippen molar-refractivity contribution in [3.8, 4) is 0 Å². The van der Waals surface area contributed by atoms with Gasteiger partial charge in [0.25, 0.3) is 0 Å². The number of hydrogen-bond donors (Lipinski definition) is 1. The minimum absolute atomic E-state index is 0.0795. The Labute approximate surface area is 117 Å². The Kier molecular flexibility index (Phi) is 3.01. The average molecular weight is 274 g/mol. The van der Waals surface area contributed by atoms with Crippen LogP contribution in [0.2, 0.25) is 0 Å². The largest absolute Gasteiger partial charge is 0.478 e. The lowest BCUT2D eigenvalue weighted by Gasteiger charge is -2.41. The molecular weight excluding hydrogens is 256 g/mol. The van der Waals surface area contributed by atoms with Gasteiger partial charge in [0, 0.05) is 7.11 Å². The monoisotopic (exact) mass is 274 g/mol. The lowest BCUT2D eigenvalue weighted by molar-refractivity contribution is -0.0831. The molecule has 0 radical (unpaired) electrons. The quantitative estimate of drug-likeness (QED) is 0.930. The van der Waals surface area contributed by atoms with Crippen molar-refractivity contribution in [2.24, 2.45) is 0 Å². The van der Waals surface area contributed by atoms with Crippen molar-refractivity contribution in [1.82, 2.24) is 9.55 Å². The van der Waals surface area contributed by atoms with Gasteiger partial charge >= 0.3 is 5.97 Å². The van der Waals surface area contributed by atoms with Crippen LogP contribution in [0.3, 0.4) is 0 Å². The second-order valence-electron chi connectivity index (χ2n) is 5.49. The van der Waals surface area contributed by atoms with Gasteiger partial charge in [0.15, 0.2) is 0 Å². The molecular formula is C15H18N2O3. The molecule has 0 unspecified atom stereocenters. The summed E-state index contributed by atoms with van der Waals surface area (Å²) in [5.74, 6) is -0.0303. The highest BCUT2D eigenvalue weighted by atomic mass is 16.5. The Bertz CT molecular complexity index is 666. The molecule has 1 aliphatic rings. The third-order valence-electron chi connectivity index (χ3n) is 4.33. The van der Waals surface area contributed by atoms with E-state index >= 15 is 0 Å². The van der Waals surface area contributed by atoms with E-state index in [1.165, 1.54) is 6.42 Å². The summed E-state index contributed by atoms with van der Waals surface area (Å²) >= 11 is 0. The number of rotatable bonds is 4. The van der Waals surface area contributed by atoms with E-state index in [1.54, 1.807) is 19.2 Å². The maximum absolute atomic E-state index is 11.0. The molecule has 1 aromatic carbocycles. The van der Waals surface area contributed by atoms with Crippen LogP contribution >= 0.6 is 0 Å². The number of hydrogen-bond acceptors (Lipinski definition) is 3. The van der Waals surface area contributed by atoms with Crippen LogP contribution in [0, 0.1) is 6.92 Å². The Morgan fingerprint density at radius 2 is 2.25 bits per heavy atom. The highest BCUT2D eigenvalue weighted by molar-refractivity contribution is 5.92. The molecule has 0 aliphatic heterocycles. The van der Waals surface area contributed by atoms with Gasteiger partial charge in [-0.1, -0.05) is 0 Å². The van der Waals surface area contributed by atoms with E-state index in [2.05, 4.69) is 9.55 Å². The van der Waals surface area contributed by atoms with E-state index < -0.39 is 5.97 Å². The van der Waals surface area contributed by atoms with Gasteiger partial charge in [0.2, 0.25) is 0 Å². The van der Waals surface area contributed by atoms with Crippen LogP contribution in [0.5, 0.6) is 0 Å². The predicted octanol–water partition coefficient (Wildman–Crippen LogP) is 2.61. The molecule has 1 heterocycles. The van der Waals surface area contributed by atoms with Crippen molar-refractivity contribution in [1.29, 1.82) is 0 Å². The number of nitrogens with zero attached hydrogens (tertiary/aromatic N) is 2. The Balaban J connectivity index is 2.02. The van der Waals surface area contributed by atoms with Crippen LogP contribution in [-0.4, -0.2) is 33.3 Å². The first-order valence-electron chi connectivity index (χ1n) is 6.80. The van der Waals surface area contributed by atoms with E-state index in [0.29, 0.717) is 0 Å². The number of aryl methyl sites for hydroxylation is 1. The van der Waals surface area contributed by atoms with Gasteiger partial charge < -0.3 is 14.4 Å². The summed E-state index contributed by atoms with van der Waals surface area (Å²) in [6.07, 6.45) is 3.33. The predicted molar refractivity (Wildman–Crippen MR) is 75.0 cm³/mol. The summed E-state index contributed by atoms with van der Waals surface area (Å²) in [4.78, 5) is 15.5. The standard InChI is InChI=1S/C15H18N2O3/c1-10-16-12-8-11(14(18)19)4-5-13(12)17(10)9-15(20-2)6-3-7-15/h4-5,8H,3,6-7,9H2,1-2H3,(H,18,19). The third kappa shape index (κ3) is 1.98. The van der Waals surface area contributed by atoms with Crippen LogP contribution in [0.1, 0.15) is 35.4 Å². The molecule has 0 atom stereocenters. The van der Waals surface area contributed by atoms with Crippen molar-refractivity contribution in [3.05, 3.63) is 29.6 Å². The van der Waals surface area contributed by atoms with Crippen LogP contribution in [0.4, 0.5) is 0 Å². The summed E-state index contributed by atoms with van der Waals surface area (Å²) in [5.41, 5.74) is 1.89. The number of carbonyl (C=O) groups is 1. The van der Waals surface area contributed by atoms with Crippen LogP contribution in [0.25, 0.3) is 11.0 Å². The zero-order valence-electron chi connectivity index (χ0n) is 11.7. The first-order chi connectivity index (χ1) is 9.54. The van der Waals surface area contributed by atoms with Gasteiger partial charge in [0.05, 0.1) is 28.7 Å². The van der Waals surface area contributed by atoms with Crippen molar-refractivity contribution in [2.75, 3.05) is 7.11 Å². The zero-order valence-corrected chi connectivity index (χ0v) is 11.7. The molecule has 1 aromatic heterocycles. The van der Waals surface area contributed by atoms with E-state index in [4.69, 9.17) is 9.84 Å². The minimum Gasteiger partial charge on any atom is -0.478 e. The number of fused-ring (bicyclic) bond motifs is 1. The number of carboxylic acid groups (broad SMARTS) is 1. The Morgan fingerprint density at radius 1 is 1.50 bits per heavy atom. The molecule has 5 nitrogen and oxygen atoms in total. The number of aromatic nitrogens is 2. The van der Waals surface area contributed by atoms with Crippen LogP contribution in [-0.2, 0) is 11.3 Å². The number of methoxy groups -OCH3 is 1. The SMILES string of the molecule is COC1(Cn2c(C)nc3cc(C(=O)O)ccc32)CCC1. The number of aromatic carboxylic acids is 1. The Morgan fingerprint density at radius 3 is 2.80 bits per heavy atom. The maximum atomic E-state index is 11.0.